The molecule has 1 aliphatic heterocycles. The fourth-order valence-electron chi connectivity index (χ4n) is 2.20. The lowest BCUT2D eigenvalue weighted by atomic mass is 9.97. The third kappa shape index (κ3) is 2.48. The van der Waals surface area contributed by atoms with Gasteiger partial charge in [0.05, 0.1) is 11.5 Å². The van der Waals surface area contributed by atoms with E-state index in [4.69, 9.17) is 5.73 Å². The molecule has 1 amide bonds. The average Bonchev–Trinajstić information content (AvgIpc) is 2.55. The van der Waals surface area contributed by atoms with Gasteiger partial charge in [0.25, 0.3) is 0 Å². The number of benzene rings is 1. The summed E-state index contributed by atoms with van der Waals surface area (Å²) in [6, 6.07) is 7.42. The molecule has 0 bridgehead atoms. The normalized spacial score (nSPS) is 25.8. The number of hydrogen-bond donors (Lipinski definition) is 2. The number of carbonyl (C=O) groups is 1. The van der Waals surface area contributed by atoms with Crippen molar-refractivity contribution in [3.63, 3.8) is 0 Å². The van der Waals surface area contributed by atoms with Gasteiger partial charge in [-0.1, -0.05) is 12.1 Å². The van der Waals surface area contributed by atoms with Crippen molar-refractivity contribution in [2.75, 3.05) is 16.8 Å². The molecule has 0 aliphatic carbocycles. The molecule has 1 unspecified atom stereocenters. The second-order valence-electron chi connectivity index (χ2n) is 4.78. The number of carbonyl (C=O) groups excluding carboxylic acids is 1. The Kier molecular flexibility index (Phi) is 3.06. The molecule has 1 atom stereocenters. The van der Waals surface area contributed by atoms with E-state index in [1.54, 1.807) is 6.07 Å². The summed E-state index contributed by atoms with van der Waals surface area (Å²) < 4.78 is 23.1. The highest BCUT2D eigenvalue weighted by Gasteiger charge is 2.47. The molecular formula is C12H16N2O3S. The first-order valence-electron chi connectivity index (χ1n) is 5.68. The Labute approximate surface area is 106 Å². The standard InChI is InChI=1S/C12H16N2O3S/c1-9-3-2-4-10(7-9)14-12(11(13)15)5-6-18(16,17)8-12/h2-4,7,14H,5-6,8H2,1H3,(H2,13,15). The molecule has 1 heterocycles. The number of rotatable bonds is 3. The number of primary amides is 1. The Morgan fingerprint density at radius 2 is 2.17 bits per heavy atom. The van der Waals surface area contributed by atoms with Crippen molar-refractivity contribution in [3.05, 3.63) is 29.8 Å². The zero-order valence-electron chi connectivity index (χ0n) is 10.1. The first kappa shape index (κ1) is 12.9. The zero-order chi connectivity index (χ0) is 13.4. The Bertz CT molecular complexity index is 583. The third-order valence-electron chi connectivity index (χ3n) is 3.18. The van der Waals surface area contributed by atoms with Crippen molar-refractivity contribution >= 4 is 21.4 Å². The van der Waals surface area contributed by atoms with E-state index in [2.05, 4.69) is 5.32 Å². The van der Waals surface area contributed by atoms with E-state index >= 15 is 0 Å². The van der Waals surface area contributed by atoms with E-state index < -0.39 is 21.3 Å². The molecule has 5 nitrogen and oxygen atoms in total. The van der Waals surface area contributed by atoms with Crippen LogP contribution in [0.1, 0.15) is 12.0 Å². The van der Waals surface area contributed by atoms with E-state index in [0.29, 0.717) is 5.69 Å². The summed E-state index contributed by atoms with van der Waals surface area (Å²) in [6.07, 6.45) is 0.221. The van der Waals surface area contributed by atoms with E-state index in [-0.39, 0.29) is 17.9 Å². The molecular weight excluding hydrogens is 252 g/mol. The molecule has 1 aliphatic rings. The predicted molar refractivity (Wildman–Crippen MR) is 70.0 cm³/mol. The largest absolute Gasteiger partial charge is 0.370 e. The number of nitrogens with one attached hydrogen (secondary N) is 1. The van der Waals surface area contributed by atoms with E-state index in [1.807, 2.05) is 25.1 Å². The Balaban J connectivity index is 2.31. The van der Waals surface area contributed by atoms with Crippen molar-refractivity contribution in [3.8, 4) is 0 Å². The topological polar surface area (TPSA) is 89.3 Å². The van der Waals surface area contributed by atoms with Crippen LogP contribution in [0.2, 0.25) is 0 Å². The van der Waals surface area contributed by atoms with Gasteiger partial charge in [0, 0.05) is 5.69 Å². The minimum absolute atomic E-state index is 0.00520. The third-order valence-corrected chi connectivity index (χ3v) is 4.94. The van der Waals surface area contributed by atoms with Crippen molar-refractivity contribution in [1.29, 1.82) is 0 Å². The highest BCUT2D eigenvalue weighted by atomic mass is 32.2. The summed E-state index contributed by atoms with van der Waals surface area (Å²) in [5.74, 6) is -0.858. The summed E-state index contributed by atoms with van der Waals surface area (Å²) in [7, 11) is -3.19. The SMILES string of the molecule is Cc1cccc(NC2(C(N)=O)CCS(=O)(=O)C2)c1. The second kappa shape index (κ2) is 4.28. The highest BCUT2D eigenvalue weighted by molar-refractivity contribution is 7.91. The smallest absolute Gasteiger partial charge is 0.244 e. The van der Waals surface area contributed by atoms with Crippen LogP contribution in [0.3, 0.4) is 0 Å². The average molecular weight is 268 g/mol. The molecule has 1 aromatic carbocycles. The van der Waals surface area contributed by atoms with Gasteiger partial charge in [-0.05, 0) is 31.0 Å². The first-order valence-corrected chi connectivity index (χ1v) is 7.50. The Morgan fingerprint density at radius 1 is 1.44 bits per heavy atom. The van der Waals surface area contributed by atoms with Crippen LogP contribution in [0.4, 0.5) is 5.69 Å². The zero-order valence-corrected chi connectivity index (χ0v) is 11.0. The molecule has 2 rings (SSSR count). The minimum atomic E-state index is -3.19. The van der Waals surface area contributed by atoms with Gasteiger partial charge in [-0.25, -0.2) is 8.42 Å². The van der Waals surface area contributed by atoms with Gasteiger partial charge in [-0.3, -0.25) is 4.79 Å². The van der Waals surface area contributed by atoms with Crippen LogP contribution in [-0.2, 0) is 14.6 Å². The molecule has 0 aromatic heterocycles. The fourth-order valence-corrected chi connectivity index (χ4v) is 4.12. The van der Waals surface area contributed by atoms with Gasteiger partial charge < -0.3 is 11.1 Å². The van der Waals surface area contributed by atoms with Crippen molar-refractivity contribution < 1.29 is 13.2 Å². The van der Waals surface area contributed by atoms with Crippen molar-refractivity contribution in [2.45, 2.75) is 18.9 Å². The van der Waals surface area contributed by atoms with Crippen LogP contribution in [0.5, 0.6) is 0 Å². The molecule has 1 saturated heterocycles. The quantitative estimate of drug-likeness (QED) is 0.833. The molecule has 18 heavy (non-hydrogen) atoms. The summed E-state index contributed by atoms with van der Waals surface area (Å²) in [6.45, 7) is 1.92. The van der Waals surface area contributed by atoms with Crippen LogP contribution in [0.25, 0.3) is 0 Å². The lowest BCUT2D eigenvalue weighted by molar-refractivity contribution is -0.121. The molecule has 0 spiro atoms. The van der Waals surface area contributed by atoms with E-state index in [9.17, 15) is 13.2 Å². The van der Waals surface area contributed by atoms with Gasteiger partial charge in [-0.15, -0.1) is 0 Å². The maximum absolute atomic E-state index is 11.6. The van der Waals surface area contributed by atoms with E-state index in [1.165, 1.54) is 0 Å². The van der Waals surface area contributed by atoms with Crippen molar-refractivity contribution in [2.24, 2.45) is 5.73 Å². The van der Waals surface area contributed by atoms with Crippen molar-refractivity contribution in [1.82, 2.24) is 0 Å². The molecule has 1 aromatic rings. The summed E-state index contributed by atoms with van der Waals surface area (Å²) in [4.78, 5) is 11.6. The van der Waals surface area contributed by atoms with Gasteiger partial charge in [0.2, 0.25) is 5.91 Å². The number of aryl methyl sites for hydroxylation is 1. The molecule has 3 N–H and O–H groups in total. The van der Waals surface area contributed by atoms with Gasteiger partial charge >= 0.3 is 0 Å². The number of nitrogens with two attached hydrogens (primary N) is 1. The Morgan fingerprint density at radius 3 is 2.67 bits per heavy atom. The maximum atomic E-state index is 11.6. The van der Waals surface area contributed by atoms with Crippen LogP contribution >= 0.6 is 0 Å². The van der Waals surface area contributed by atoms with Crippen LogP contribution in [0.15, 0.2) is 24.3 Å². The predicted octanol–water partition coefficient (Wildman–Crippen LogP) is 0.450. The first-order chi connectivity index (χ1) is 8.33. The summed E-state index contributed by atoms with van der Waals surface area (Å²) >= 11 is 0. The lowest BCUT2D eigenvalue weighted by Gasteiger charge is -2.26. The number of sulfone groups is 1. The molecule has 0 saturated carbocycles. The second-order valence-corrected chi connectivity index (χ2v) is 6.97. The maximum Gasteiger partial charge on any atom is 0.244 e. The number of hydrogen-bond acceptors (Lipinski definition) is 4. The summed E-state index contributed by atoms with van der Waals surface area (Å²) in [5, 5.41) is 3.00. The molecule has 98 valence electrons. The Hall–Kier alpha value is -1.56. The lowest BCUT2D eigenvalue weighted by Crippen LogP contribution is -2.51. The molecule has 1 fully saturated rings. The monoisotopic (exact) mass is 268 g/mol. The van der Waals surface area contributed by atoms with Crippen LogP contribution < -0.4 is 11.1 Å². The van der Waals surface area contributed by atoms with Gasteiger partial charge in [-0.2, -0.15) is 0 Å². The number of anilines is 1. The van der Waals surface area contributed by atoms with Gasteiger partial charge in [0.15, 0.2) is 9.84 Å². The number of amides is 1. The highest BCUT2D eigenvalue weighted by Crippen LogP contribution is 2.28. The van der Waals surface area contributed by atoms with Gasteiger partial charge in [0.1, 0.15) is 5.54 Å². The van der Waals surface area contributed by atoms with E-state index in [0.717, 1.165) is 5.56 Å². The van der Waals surface area contributed by atoms with Crippen LogP contribution in [-0.4, -0.2) is 31.4 Å². The molecule has 6 heteroatoms. The summed E-state index contributed by atoms with van der Waals surface area (Å²) in [5.41, 5.74) is 5.94. The minimum Gasteiger partial charge on any atom is -0.370 e. The fraction of sp³-hybridized carbons (Fsp3) is 0.417. The molecule has 0 radical (unpaired) electrons. The van der Waals surface area contributed by atoms with Crippen LogP contribution in [0, 0.1) is 6.92 Å².